The lowest BCUT2D eigenvalue weighted by Gasteiger charge is -2.38. The minimum absolute atomic E-state index is 0.150. The molecule has 2 atom stereocenters. The van der Waals surface area contributed by atoms with Gasteiger partial charge in [-0.3, -0.25) is 4.79 Å². The number of ether oxygens (including phenoxy) is 1. The number of hydrogen-bond donors (Lipinski definition) is 1. The first-order valence-electron chi connectivity index (χ1n) is 7.60. The van der Waals surface area contributed by atoms with Gasteiger partial charge in [0.25, 0.3) is 5.91 Å². The summed E-state index contributed by atoms with van der Waals surface area (Å²) in [5.41, 5.74) is -0.184. The van der Waals surface area contributed by atoms with E-state index in [0.717, 1.165) is 6.26 Å². The maximum absolute atomic E-state index is 12.4. The number of hydrogen-bond acceptors (Lipinski definition) is 6. The van der Waals surface area contributed by atoms with Crippen molar-refractivity contribution in [1.29, 1.82) is 0 Å². The Morgan fingerprint density at radius 2 is 2.30 bits per heavy atom. The van der Waals surface area contributed by atoms with Gasteiger partial charge in [0, 0.05) is 25.3 Å². The largest absolute Gasteiger partial charge is 0.373 e. The number of nitrogens with one attached hydrogen (secondary N) is 1. The molecule has 23 heavy (non-hydrogen) atoms. The molecule has 0 radical (unpaired) electrons. The van der Waals surface area contributed by atoms with E-state index in [1.54, 1.807) is 17.9 Å². The van der Waals surface area contributed by atoms with Gasteiger partial charge in [-0.25, -0.2) is 13.1 Å². The molecule has 3 heterocycles. The van der Waals surface area contributed by atoms with Gasteiger partial charge in [-0.15, -0.1) is 0 Å². The monoisotopic (exact) mass is 343 g/mol. The Balaban J connectivity index is 1.67. The number of nitrogens with zero attached hydrogens (tertiary/aromatic N) is 2. The van der Waals surface area contributed by atoms with Crippen LogP contribution in [0.5, 0.6) is 0 Å². The van der Waals surface area contributed by atoms with Crippen molar-refractivity contribution >= 4 is 15.9 Å². The average molecular weight is 343 g/mol. The number of amides is 1. The van der Waals surface area contributed by atoms with Crippen LogP contribution in [0.4, 0.5) is 0 Å². The molecule has 3 rings (SSSR count). The maximum atomic E-state index is 12.4. The van der Waals surface area contributed by atoms with Crippen LogP contribution in [0, 0.1) is 6.92 Å². The zero-order valence-electron chi connectivity index (χ0n) is 13.2. The summed E-state index contributed by atoms with van der Waals surface area (Å²) in [6, 6.07) is 1.46. The Kier molecular flexibility index (Phi) is 4.19. The van der Waals surface area contributed by atoms with E-state index in [-0.39, 0.29) is 11.9 Å². The fourth-order valence-electron chi connectivity index (χ4n) is 3.36. The third kappa shape index (κ3) is 3.73. The van der Waals surface area contributed by atoms with Crippen LogP contribution in [-0.4, -0.2) is 62.0 Å². The molecular formula is C14H21N3O5S. The van der Waals surface area contributed by atoms with Crippen molar-refractivity contribution in [3.05, 3.63) is 17.5 Å². The third-order valence-electron chi connectivity index (χ3n) is 4.32. The Bertz CT molecular complexity index is 701. The van der Waals surface area contributed by atoms with Gasteiger partial charge in [-0.05, 0) is 26.2 Å². The van der Waals surface area contributed by atoms with Crippen LogP contribution in [0.25, 0.3) is 0 Å². The SMILES string of the molecule is Cc1cc(C(=O)N2CC[C@@]3(C[C@H](NS(C)(=O)=O)CCO3)C2)no1. The molecule has 8 nitrogen and oxygen atoms in total. The number of carbonyl (C=O) groups is 1. The first-order valence-corrected chi connectivity index (χ1v) is 9.49. The molecule has 1 amide bonds. The highest BCUT2D eigenvalue weighted by Gasteiger charge is 2.45. The van der Waals surface area contributed by atoms with E-state index in [0.29, 0.717) is 50.4 Å². The van der Waals surface area contributed by atoms with E-state index in [4.69, 9.17) is 9.26 Å². The van der Waals surface area contributed by atoms with Crippen molar-refractivity contribution < 1.29 is 22.5 Å². The molecule has 1 aromatic heterocycles. The summed E-state index contributed by atoms with van der Waals surface area (Å²) in [4.78, 5) is 14.1. The van der Waals surface area contributed by atoms with Crippen LogP contribution in [0.2, 0.25) is 0 Å². The third-order valence-corrected chi connectivity index (χ3v) is 5.09. The molecule has 0 bridgehead atoms. The number of aryl methyl sites for hydroxylation is 1. The van der Waals surface area contributed by atoms with Crippen LogP contribution in [-0.2, 0) is 14.8 Å². The molecule has 2 aliphatic heterocycles. The molecule has 128 valence electrons. The van der Waals surface area contributed by atoms with Gasteiger partial charge < -0.3 is 14.2 Å². The average Bonchev–Trinajstić information content (AvgIpc) is 3.04. The molecule has 2 aliphatic rings. The van der Waals surface area contributed by atoms with Gasteiger partial charge in [0.1, 0.15) is 5.76 Å². The molecule has 0 saturated carbocycles. The highest BCUT2D eigenvalue weighted by Crippen LogP contribution is 2.35. The Morgan fingerprint density at radius 1 is 1.52 bits per heavy atom. The van der Waals surface area contributed by atoms with Crippen molar-refractivity contribution in [3.8, 4) is 0 Å². The van der Waals surface area contributed by atoms with Crippen molar-refractivity contribution in [2.24, 2.45) is 0 Å². The fraction of sp³-hybridized carbons (Fsp3) is 0.714. The minimum Gasteiger partial charge on any atom is -0.373 e. The van der Waals surface area contributed by atoms with Gasteiger partial charge in [-0.2, -0.15) is 0 Å². The van der Waals surface area contributed by atoms with E-state index < -0.39 is 15.6 Å². The molecule has 1 spiro atoms. The second-order valence-electron chi connectivity index (χ2n) is 6.41. The molecule has 2 fully saturated rings. The number of likely N-dealkylation sites (tertiary alicyclic amines) is 1. The Morgan fingerprint density at radius 3 is 2.96 bits per heavy atom. The van der Waals surface area contributed by atoms with Gasteiger partial charge in [0.2, 0.25) is 10.0 Å². The van der Waals surface area contributed by atoms with Crippen LogP contribution < -0.4 is 4.72 Å². The van der Waals surface area contributed by atoms with Crippen LogP contribution in [0.3, 0.4) is 0 Å². The van der Waals surface area contributed by atoms with Crippen LogP contribution in [0.15, 0.2) is 10.6 Å². The molecule has 0 unspecified atom stereocenters. The topological polar surface area (TPSA) is 102 Å². The lowest BCUT2D eigenvalue weighted by molar-refractivity contribution is -0.0763. The fourth-order valence-corrected chi connectivity index (χ4v) is 4.17. The summed E-state index contributed by atoms with van der Waals surface area (Å²) in [6.45, 7) is 3.23. The molecule has 9 heteroatoms. The maximum Gasteiger partial charge on any atom is 0.276 e. The standard InChI is InChI=1S/C14H21N3O5S/c1-10-7-12(15-22-10)13(18)17-5-4-14(9-17)8-11(3-6-21-14)16-23(2,19)20/h7,11,16H,3-6,8-9H2,1-2H3/t11-,14-/m1/s1. The van der Waals surface area contributed by atoms with Gasteiger partial charge >= 0.3 is 0 Å². The number of rotatable bonds is 3. The molecule has 2 saturated heterocycles. The van der Waals surface area contributed by atoms with Gasteiger partial charge in [0.15, 0.2) is 5.69 Å². The first-order chi connectivity index (χ1) is 10.8. The summed E-state index contributed by atoms with van der Waals surface area (Å²) >= 11 is 0. The highest BCUT2D eigenvalue weighted by molar-refractivity contribution is 7.88. The highest BCUT2D eigenvalue weighted by atomic mass is 32.2. The number of sulfonamides is 1. The molecule has 1 aromatic rings. The van der Waals surface area contributed by atoms with Crippen molar-refractivity contribution in [2.75, 3.05) is 26.0 Å². The number of carbonyl (C=O) groups excluding carboxylic acids is 1. The summed E-state index contributed by atoms with van der Waals surface area (Å²) in [5, 5.41) is 3.76. The van der Waals surface area contributed by atoms with E-state index in [2.05, 4.69) is 9.88 Å². The predicted molar refractivity (Wildman–Crippen MR) is 81.4 cm³/mol. The summed E-state index contributed by atoms with van der Waals surface area (Å²) in [5.74, 6) is 0.411. The first kappa shape index (κ1) is 16.4. The van der Waals surface area contributed by atoms with Crippen LogP contribution >= 0.6 is 0 Å². The molecule has 1 N–H and O–H groups in total. The second-order valence-corrected chi connectivity index (χ2v) is 8.19. The predicted octanol–water partition coefficient (Wildman–Crippen LogP) is 0.296. The summed E-state index contributed by atoms with van der Waals surface area (Å²) in [7, 11) is -3.25. The normalized spacial score (nSPS) is 28.4. The van der Waals surface area contributed by atoms with Crippen molar-refractivity contribution in [2.45, 2.75) is 37.8 Å². The Labute approximate surface area is 135 Å². The Hall–Kier alpha value is -1.45. The second kappa shape index (κ2) is 5.88. The van der Waals surface area contributed by atoms with Crippen molar-refractivity contribution in [3.63, 3.8) is 0 Å². The van der Waals surface area contributed by atoms with Crippen molar-refractivity contribution in [1.82, 2.24) is 14.8 Å². The summed E-state index contributed by atoms with van der Waals surface area (Å²) < 4.78 is 36.4. The minimum atomic E-state index is -3.25. The van der Waals surface area contributed by atoms with E-state index in [9.17, 15) is 13.2 Å². The molecular weight excluding hydrogens is 322 g/mol. The number of aromatic nitrogens is 1. The van der Waals surface area contributed by atoms with E-state index >= 15 is 0 Å². The molecule has 0 aliphatic carbocycles. The lowest BCUT2D eigenvalue weighted by Crippen LogP contribution is -2.50. The lowest BCUT2D eigenvalue weighted by atomic mass is 9.90. The van der Waals surface area contributed by atoms with Gasteiger partial charge in [0.05, 0.1) is 18.4 Å². The van der Waals surface area contributed by atoms with Crippen LogP contribution in [0.1, 0.15) is 35.5 Å². The smallest absolute Gasteiger partial charge is 0.276 e. The zero-order valence-corrected chi connectivity index (χ0v) is 14.1. The van der Waals surface area contributed by atoms with Gasteiger partial charge in [-0.1, -0.05) is 5.16 Å². The van der Waals surface area contributed by atoms with E-state index in [1.165, 1.54) is 0 Å². The zero-order chi connectivity index (χ0) is 16.7. The van der Waals surface area contributed by atoms with E-state index in [1.807, 2.05) is 0 Å². The molecule has 0 aromatic carbocycles. The summed E-state index contributed by atoms with van der Waals surface area (Å²) in [6.07, 6.45) is 3.07. The quantitative estimate of drug-likeness (QED) is 0.847.